The molecule has 0 spiro atoms. The lowest BCUT2D eigenvalue weighted by Gasteiger charge is -2.39. The molecule has 2 rings (SSSR count). The number of nitrogens with zero attached hydrogens (tertiary/aromatic N) is 1. The molecule has 1 aromatic carbocycles. The van der Waals surface area contributed by atoms with Crippen molar-refractivity contribution in [3.8, 4) is 0 Å². The largest absolute Gasteiger partial charge is 0.328 e. The number of hydrogen-bond donors (Lipinski definition) is 1. The zero-order valence-electron chi connectivity index (χ0n) is 13.3. The Morgan fingerprint density at radius 2 is 1.70 bits per heavy atom. The number of piperidine rings is 1. The molecular formula is C18H30N2. The van der Waals surface area contributed by atoms with Crippen LogP contribution in [0.15, 0.2) is 30.3 Å². The lowest BCUT2D eigenvalue weighted by Crippen LogP contribution is -2.41. The Balaban J connectivity index is 2.05. The van der Waals surface area contributed by atoms with Crippen molar-refractivity contribution in [2.75, 3.05) is 13.1 Å². The van der Waals surface area contributed by atoms with Crippen molar-refractivity contribution in [2.45, 2.75) is 52.1 Å². The molecule has 0 bridgehead atoms. The topological polar surface area (TPSA) is 29.3 Å². The van der Waals surface area contributed by atoms with E-state index in [2.05, 4.69) is 56.0 Å². The van der Waals surface area contributed by atoms with Gasteiger partial charge in [-0.25, -0.2) is 0 Å². The summed E-state index contributed by atoms with van der Waals surface area (Å²) in [4.78, 5) is 2.67. The molecule has 2 atom stereocenters. The number of rotatable bonds is 5. The molecule has 2 heteroatoms. The van der Waals surface area contributed by atoms with Gasteiger partial charge in [0.15, 0.2) is 0 Å². The van der Waals surface area contributed by atoms with Gasteiger partial charge in [-0.1, -0.05) is 44.2 Å². The monoisotopic (exact) mass is 274 g/mol. The highest BCUT2D eigenvalue weighted by Gasteiger charge is 2.27. The summed E-state index contributed by atoms with van der Waals surface area (Å²) >= 11 is 0. The molecular weight excluding hydrogens is 244 g/mol. The van der Waals surface area contributed by atoms with E-state index in [9.17, 15) is 0 Å². The van der Waals surface area contributed by atoms with Gasteiger partial charge in [0.25, 0.3) is 0 Å². The number of nitrogens with two attached hydrogens (primary N) is 1. The van der Waals surface area contributed by atoms with Crippen molar-refractivity contribution in [3.63, 3.8) is 0 Å². The van der Waals surface area contributed by atoms with Crippen molar-refractivity contribution in [1.29, 1.82) is 0 Å². The molecule has 1 fully saturated rings. The fraction of sp³-hybridized carbons (Fsp3) is 0.667. The maximum Gasteiger partial charge on any atom is 0.0350 e. The van der Waals surface area contributed by atoms with E-state index in [4.69, 9.17) is 5.73 Å². The highest BCUT2D eigenvalue weighted by Crippen LogP contribution is 2.32. The average Bonchev–Trinajstić information content (AvgIpc) is 2.45. The van der Waals surface area contributed by atoms with Crippen molar-refractivity contribution >= 4 is 0 Å². The minimum absolute atomic E-state index is 0.345. The van der Waals surface area contributed by atoms with E-state index in [1.165, 1.54) is 37.9 Å². The van der Waals surface area contributed by atoms with Gasteiger partial charge in [0.05, 0.1) is 0 Å². The van der Waals surface area contributed by atoms with Gasteiger partial charge in [0.2, 0.25) is 0 Å². The van der Waals surface area contributed by atoms with E-state index in [0.29, 0.717) is 18.0 Å². The first-order chi connectivity index (χ1) is 9.58. The lowest BCUT2D eigenvalue weighted by molar-refractivity contribution is 0.111. The normalized spacial score (nSPS) is 21.1. The van der Waals surface area contributed by atoms with Crippen LogP contribution in [0, 0.1) is 11.8 Å². The van der Waals surface area contributed by atoms with Crippen LogP contribution in [0.1, 0.15) is 51.6 Å². The summed E-state index contributed by atoms with van der Waals surface area (Å²) in [6.07, 6.45) is 3.74. The van der Waals surface area contributed by atoms with Crippen LogP contribution in [0.2, 0.25) is 0 Å². The van der Waals surface area contributed by atoms with Gasteiger partial charge in [-0.15, -0.1) is 0 Å². The zero-order chi connectivity index (χ0) is 14.5. The van der Waals surface area contributed by atoms with Gasteiger partial charge in [0.1, 0.15) is 0 Å². The Kier molecular flexibility index (Phi) is 5.62. The smallest absolute Gasteiger partial charge is 0.0350 e. The molecule has 2 N–H and O–H groups in total. The summed E-state index contributed by atoms with van der Waals surface area (Å²) in [6, 6.07) is 11.9. The molecule has 2 nitrogen and oxygen atoms in total. The third-order valence-electron chi connectivity index (χ3n) is 4.64. The molecule has 0 amide bonds. The van der Waals surface area contributed by atoms with Gasteiger partial charge in [-0.05, 0) is 56.7 Å². The number of hydrogen-bond acceptors (Lipinski definition) is 2. The van der Waals surface area contributed by atoms with E-state index in [1.807, 2.05) is 0 Å². The quantitative estimate of drug-likeness (QED) is 0.884. The van der Waals surface area contributed by atoms with E-state index in [0.717, 1.165) is 5.92 Å². The van der Waals surface area contributed by atoms with Gasteiger partial charge in [0, 0.05) is 12.1 Å². The van der Waals surface area contributed by atoms with Crippen LogP contribution >= 0.6 is 0 Å². The Bertz CT molecular complexity index is 378. The van der Waals surface area contributed by atoms with Gasteiger partial charge in [-0.2, -0.15) is 0 Å². The number of likely N-dealkylation sites (tertiary alicyclic amines) is 1. The molecule has 2 unspecified atom stereocenters. The summed E-state index contributed by atoms with van der Waals surface area (Å²) in [5.74, 6) is 1.44. The third-order valence-corrected chi connectivity index (χ3v) is 4.64. The van der Waals surface area contributed by atoms with Crippen molar-refractivity contribution in [1.82, 2.24) is 4.90 Å². The maximum atomic E-state index is 6.06. The SMILES string of the molecule is CC(C)CC(c1ccccc1)N1CCC(C(C)N)CC1. The van der Waals surface area contributed by atoms with Crippen molar-refractivity contribution < 1.29 is 0 Å². The van der Waals surface area contributed by atoms with Crippen LogP contribution in [0.3, 0.4) is 0 Å². The Morgan fingerprint density at radius 3 is 2.20 bits per heavy atom. The van der Waals surface area contributed by atoms with E-state index >= 15 is 0 Å². The molecule has 1 aliphatic rings. The molecule has 1 saturated heterocycles. The standard InChI is InChI=1S/C18H30N2/c1-14(2)13-18(17-7-5-4-6-8-17)20-11-9-16(10-12-20)15(3)19/h4-8,14-16,18H,9-13,19H2,1-3H3. The molecule has 112 valence electrons. The molecule has 20 heavy (non-hydrogen) atoms. The summed E-state index contributed by atoms with van der Waals surface area (Å²) in [5, 5.41) is 0. The Morgan fingerprint density at radius 1 is 1.10 bits per heavy atom. The van der Waals surface area contributed by atoms with Crippen LogP contribution in [-0.4, -0.2) is 24.0 Å². The molecule has 0 aliphatic carbocycles. The summed E-state index contributed by atoms with van der Waals surface area (Å²) < 4.78 is 0. The van der Waals surface area contributed by atoms with E-state index in [-0.39, 0.29) is 0 Å². The van der Waals surface area contributed by atoms with Gasteiger partial charge >= 0.3 is 0 Å². The molecule has 0 saturated carbocycles. The highest BCUT2D eigenvalue weighted by molar-refractivity contribution is 5.19. The van der Waals surface area contributed by atoms with Crippen LogP contribution in [0.4, 0.5) is 0 Å². The van der Waals surface area contributed by atoms with Gasteiger partial charge < -0.3 is 5.73 Å². The molecule has 1 heterocycles. The second kappa shape index (κ2) is 7.24. The van der Waals surface area contributed by atoms with Crippen LogP contribution < -0.4 is 5.73 Å². The van der Waals surface area contributed by atoms with Crippen LogP contribution in [0.25, 0.3) is 0 Å². The minimum atomic E-state index is 0.345. The van der Waals surface area contributed by atoms with E-state index in [1.54, 1.807) is 0 Å². The first-order valence-corrected chi connectivity index (χ1v) is 8.12. The van der Waals surface area contributed by atoms with E-state index < -0.39 is 0 Å². The second-order valence-electron chi connectivity index (χ2n) is 6.79. The summed E-state index contributed by atoms with van der Waals surface area (Å²) in [7, 11) is 0. The Labute approximate surface area is 124 Å². The van der Waals surface area contributed by atoms with Crippen molar-refractivity contribution in [3.05, 3.63) is 35.9 Å². The highest BCUT2D eigenvalue weighted by atomic mass is 15.2. The minimum Gasteiger partial charge on any atom is -0.328 e. The third kappa shape index (κ3) is 4.07. The molecule has 1 aromatic rings. The van der Waals surface area contributed by atoms with Gasteiger partial charge in [-0.3, -0.25) is 4.90 Å². The number of benzene rings is 1. The Hall–Kier alpha value is -0.860. The lowest BCUT2D eigenvalue weighted by atomic mass is 9.88. The first-order valence-electron chi connectivity index (χ1n) is 8.12. The molecule has 1 aliphatic heterocycles. The van der Waals surface area contributed by atoms with Crippen molar-refractivity contribution in [2.24, 2.45) is 17.6 Å². The average molecular weight is 274 g/mol. The van der Waals surface area contributed by atoms with Crippen LogP contribution in [0.5, 0.6) is 0 Å². The summed E-state index contributed by atoms with van der Waals surface area (Å²) in [6.45, 7) is 9.19. The summed E-state index contributed by atoms with van der Waals surface area (Å²) in [5.41, 5.74) is 7.53. The van der Waals surface area contributed by atoms with Crippen LogP contribution in [-0.2, 0) is 0 Å². The predicted molar refractivity (Wildman–Crippen MR) is 86.6 cm³/mol. The fourth-order valence-corrected chi connectivity index (χ4v) is 3.37. The second-order valence-corrected chi connectivity index (χ2v) is 6.79. The fourth-order valence-electron chi connectivity index (χ4n) is 3.37. The molecule has 0 radical (unpaired) electrons. The predicted octanol–water partition coefficient (Wildman–Crippen LogP) is 3.83. The maximum absolute atomic E-state index is 6.06. The molecule has 0 aromatic heterocycles. The zero-order valence-corrected chi connectivity index (χ0v) is 13.3. The first kappa shape index (κ1) is 15.5.